The van der Waals surface area contributed by atoms with E-state index in [0.29, 0.717) is 24.6 Å². The Kier molecular flexibility index (Phi) is 5.51. The average Bonchev–Trinajstić information content (AvgIpc) is 3.25. The molecule has 4 heterocycles. The summed E-state index contributed by atoms with van der Waals surface area (Å²) >= 11 is 0. The molecule has 1 aliphatic carbocycles. The molecular formula is C27H29N5O3. The molecule has 8 heteroatoms. The molecule has 2 aromatic heterocycles. The molecule has 0 bridgehead atoms. The lowest BCUT2D eigenvalue weighted by molar-refractivity contribution is -0.136. The number of piperidine rings is 1. The smallest absolute Gasteiger partial charge is 0.255 e. The molecule has 35 heavy (non-hydrogen) atoms. The normalized spacial score (nSPS) is 21.2. The van der Waals surface area contributed by atoms with Crippen LogP contribution in [0.1, 0.15) is 67.3 Å². The molecular weight excluding hydrogens is 442 g/mol. The van der Waals surface area contributed by atoms with Gasteiger partial charge in [0.05, 0.1) is 0 Å². The van der Waals surface area contributed by atoms with Crippen LogP contribution in [0.3, 0.4) is 0 Å². The fraction of sp³-hybridized carbons (Fsp3) is 0.407. The molecule has 0 spiro atoms. The molecule has 2 N–H and O–H groups in total. The first-order valence-electron chi connectivity index (χ1n) is 12.6. The van der Waals surface area contributed by atoms with Crippen LogP contribution in [-0.2, 0) is 16.1 Å². The van der Waals surface area contributed by atoms with Gasteiger partial charge < -0.3 is 10.2 Å². The van der Waals surface area contributed by atoms with Gasteiger partial charge in [0, 0.05) is 36.3 Å². The van der Waals surface area contributed by atoms with Crippen LogP contribution in [0, 0.1) is 0 Å². The second kappa shape index (κ2) is 8.83. The minimum atomic E-state index is -0.612. The number of nitrogens with zero attached hydrogens (tertiary/aromatic N) is 3. The van der Waals surface area contributed by atoms with E-state index >= 15 is 0 Å². The molecule has 3 amide bonds. The molecule has 1 saturated heterocycles. The van der Waals surface area contributed by atoms with E-state index in [2.05, 4.69) is 15.0 Å². The van der Waals surface area contributed by atoms with Crippen LogP contribution < -0.4 is 10.6 Å². The highest BCUT2D eigenvalue weighted by atomic mass is 16.2. The number of imidazole rings is 1. The predicted octanol–water partition coefficient (Wildman–Crippen LogP) is 3.90. The molecule has 3 aliphatic rings. The summed E-state index contributed by atoms with van der Waals surface area (Å²) in [5.41, 5.74) is 4.19. The maximum absolute atomic E-state index is 13.1. The zero-order chi connectivity index (χ0) is 23.9. The highest BCUT2D eigenvalue weighted by molar-refractivity contribution is 6.05. The van der Waals surface area contributed by atoms with Crippen LogP contribution >= 0.6 is 0 Å². The second-order valence-corrected chi connectivity index (χ2v) is 9.84. The van der Waals surface area contributed by atoms with E-state index in [1.807, 2.05) is 42.6 Å². The van der Waals surface area contributed by atoms with Crippen molar-refractivity contribution in [1.82, 2.24) is 19.6 Å². The third kappa shape index (κ3) is 3.96. The molecule has 3 aromatic rings. The SMILES string of the molecule is O=C1CCC(N2Cc3cc(-c4nc5ccccn5c4NC4CCCCCC4)ccc3C2=O)C(=O)N1. The summed E-state index contributed by atoms with van der Waals surface area (Å²) in [6.45, 7) is 0.354. The summed E-state index contributed by atoms with van der Waals surface area (Å²) in [4.78, 5) is 43.6. The number of amides is 3. The number of carbonyl (C=O) groups is 3. The van der Waals surface area contributed by atoms with Crippen LogP contribution in [0.15, 0.2) is 42.6 Å². The zero-order valence-electron chi connectivity index (χ0n) is 19.6. The number of anilines is 1. The van der Waals surface area contributed by atoms with Gasteiger partial charge in [0.15, 0.2) is 0 Å². The number of hydrogen-bond donors (Lipinski definition) is 2. The summed E-state index contributed by atoms with van der Waals surface area (Å²) in [5, 5.41) is 6.16. The van der Waals surface area contributed by atoms with Crippen molar-refractivity contribution in [1.29, 1.82) is 0 Å². The Morgan fingerprint density at radius 1 is 0.971 bits per heavy atom. The maximum atomic E-state index is 13.1. The first-order chi connectivity index (χ1) is 17.1. The predicted molar refractivity (Wildman–Crippen MR) is 132 cm³/mol. The Labute approximate surface area is 203 Å². The van der Waals surface area contributed by atoms with Gasteiger partial charge in [-0.05, 0) is 49.1 Å². The maximum Gasteiger partial charge on any atom is 0.255 e. The van der Waals surface area contributed by atoms with Crippen LogP contribution in [0.5, 0.6) is 0 Å². The van der Waals surface area contributed by atoms with Gasteiger partial charge in [-0.25, -0.2) is 4.98 Å². The molecule has 0 radical (unpaired) electrons. The van der Waals surface area contributed by atoms with E-state index in [4.69, 9.17) is 4.98 Å². The molecule has 8 nitrogen and oxygen atoms in total. The van der Waals surface area contributed by atoms with E-state index in [0.717, 1.165) is 41.1 Å². The molecule has 1 saturated carbocycles. The molecule has 1 unspecified atom stereocenters. The van der Waals surface area contributed by atoms with Crippen LogP contribution in [-0.4, -0.2) is 44.1 Å². The van der Waals surface area contributed by atoms with Crippen molar-refractivity contribution in [2.45, 2.75) is 70.0 Å². The summed E-state index contributed by atoms with van der Waals surface area (Å²) in [7, 11) is 0. The van der Waals surface area contributed by atoms with E-state index in [-0.39, 0.29) is 18.2 Å². The molecule has 1 aromatic carbocycles. The summed E-state index contributed by atoms with van der Waals surface area (Å²) < 4.78 is 2.11. The van der Waals surface area contributed by atoms with Crippen molar-refractivity contribution in [3.05, 3.63) is 53.7 Å². The summed E-state index contributed by atoms with van der Waals surface area (Å²) in [6.07, 6.45) is 10.0. The van der Waals surface area contributed by atoms with Gasteiger partial charge in [0.2, 0.25) is 11.8 Å². The van der Waals surface area contributed by atoms with E-state index in [1.54, 1.807) is 4.90 Å². The van der Waals surface area contributed by atoms with Crippen molar-refractivity contribution in [3.63, 3.8) is 0 Å². The number of pyridine rings is 1. The Morgan fingerprint density at radius 3 is 2.60 bits per heavy atom. The summed E-state index contributed by atoms with van der Waals surface area (Å²) in [5.74, 6) is 0.155. The fourth-order valence-electron chi connectivity index (χ4n) is 5.67. The highest BCUT2D eigenvalue weighted by Gasteiger charge is 2.39. The molecule has 6 rings (SSSR count). The Bertz CT molecular complexity index is 1320. The standard InChI is InChI=1S/C27H29N5O3/c33-23-13-12-21(26(34)30-23)32-16-18-15-17(10-11-20(18)27(32)35)24-25(28-19-7-3-1-2-4-8-19)31-14-6-5-9-22(31)29-24/h5-6,9-11,14-15,19,21,28H,1-4,7-8,12-13,16H2,(H,30,33,34). The van der Waals surface area contributed by atoms with Crippen molar-refractivity contribution < 1.29 is 14.4 Å². The largest absolute Gasteiger partial charge is 0.367 e. The molecule has 2 fully saturated rings. The van der Waals surface area contributed by atoms with Crippen LogP contribution in [0.25, 0.3) is 16.9 Å². The monoisotopic (exact) mass is 471 g/mol. The van der Waals surface area contributed by atoms with Gasteiger partial charge in [-0.2, -0.15) is 0 Å². The lowest BCUT2D eigenvalue weighted by atomic mass is 10.0. The van der Waals surface area contributed by atoms with E-state index < -0.39 is 11.9 Å². The zero-order valence-corrected chi connectivity index (χ0v) is 19.6. The first-order valence-corrected chi connectivity index (χ1v) is 12.6. The average molecular weight is 472 g/mol. The number of nitrogens with one attached hydrogen (secondary N) is 2. The number of imide groups is 1. The van der Waals surface area contributed by atoms with Gasteiger partial charge in [0.1, 0.15) is 23.2 Å². The van der Waals surface area contributed by atoms with Crippen molar-refractivity contribution in [2.24, 2.45) is 0 Å². The van der Waals surface area contributed by atoms with Crippen molar-refractivity contribution in [3.8, 4) is 11.3 Å². The Hall–Kier alpha value is -3.68. The third-order valence-corrected chi connectivity index (χ3v) is 7.52. The van der Waals surface area contributed by atoms with Crippen molar-refractivity contribution in [2.75, 3.05) is 5.32 Å². The molecule has 2 aliphatic heterocycles. The summed E-state index contributed by atoms with van der Waals surface area (Å²) in [6, 6.07) is 11.6. The number of hydrogen-bond acceptors (Lipinski definition) is 5. The Morgan fingerprint density at radius 2 is 1.80 bits per heavy atom. The minimum Gasteiger partial charge on any atom is -0.367 e. The number of carbonyl (C=O) groups excluding carboxylic acids is 3. The van der Waals surface area contributed by atoms with Gasteiger partial charge in [-0.3, -0.25) is 24.1 Å². The van der Waals surface area contributed by atoms with Crippen LogP contribution in [0.2, 0.25) is 0 Å². The van der Waals surface area contributed by atoms with E-state index in [9.17, 15) is 14.4 Å². The quantitative estimate of drug-likeness (QED) is 0.445. The topological polar surface area (TPSA) is 95.8 Å². The highest BCUT2D eigenvalue weighted by Crippen LogP contribution is 2.35. The van der Waals surface area contributed by atoms with Gasteiger partial charge in [-0.15, -0.1) is 0 Å². The minimum absolute atomic E-state index is 0.159. The van der Waals surface area contributed by atoms with E-state index in [1.165, 1.54) is 25.7 Å². The number of rotatable bonds is 4. The van der Waals surface area contributed by atoms with Crippen molar-refractivity contribution >= 4 is 29.2 Å². The number of aromatic nitrogens is 2. The lowest BCUT2D eigenvalue weighted by Gasteiger charge is -2.29. The fourth-order valence-corrected chi connectivity index (χ4v) is 5.67. The Balaban J connectivity index is 1.33. The lowest BCUT2D eigenvalue weighted by Crippen LogP contribution is -2.52. The van der Waals surface area contributed by atoms with Gasteiger partial charge in [-0.1, -0.05) is 37.8 Å². The molecule has 180 valence electrons. The van der Waals surface area contributed by atoms with Crippen LogP contribution in [0.4, 0.5) is 5.82 Å². The second-order valence-electron chi connectivity index (χ2n) is 9.84. The molecule has 1 atom stereocenters. The number of fused-ring (bicyclic) bond motifs is 2. The first kappa shape index (κ1) is 21.8. The third-order valence-electron chi connectivity index (χ3n) is 7.52. The van der Waals surface area contributed by atoms with Gasteiger partial charge in [0.25, 0.3) is 5.91 Å². The number of benzene rings is 1. The van der Waals surface area contributed by atoms with Gasteiger partial charge >= 0.3 is 0 Å².